The van der Waals surface area contributed by atoms with Crippen LogP contribution in [-0.4, -0.2) is 71.8 Å². The largest absolute Gasteiger partial charge is 0.347 e. The number of benzene rings is 1. The Kier molecular flexibility index (Phi) is 6.80. The molecular formula is C24H27F2N5O2. The molecule has 0 radical (unpaired) electrons. The fourth-order valence-corrected chi connectivity index (χ4v) is 3.69. The van der Waals surface area contributed by atoms with E-state index in [0.717, 1.165) is 36.1 Å². The molecule has 7 nitrogen and oxygen atoms in total. The molecule has 0 aliphatic carbocycles. The van der Waals surface area contributed by atoms with Crippen LogP contribution in [0.5, 0.6) is 0 Å². The quantitative estimate of drug-likeness (QED) is 0.592. The normalized spacial score (nSPS) is 18.2. The Morgan fingerprint density at radius 3 is 2.45 bits per heavy atom. The third kappa shape index (κ3) is 5.61. The Balaban J connectivity index is 0.000000243. The van der Waals surface area contributed by atoms with Crippen LogP contribution in [0.2, 0.25) is 0 Å². The molecule has 33 heavy (non-hydrogen) atoms. The first-order valence-electron chi connectivity index (χ1n) is 11.0. The molecule has 2 N–H and O–H groups in total. The Hall–Kier alpha value is -3.17. The molecule has 1 aromatic carbocycles. The molecule has 0 atom stereocenters. The molecular weight excluding hydrogens is 428 g/mol. The van der Waals surface area contributed by atoms with Crippen molar-refractivity contribution in [1.82, 2.24) is 25.1 Å². The number of amides is 1. The van der Waals surface area contributed by atoms with Crippen molar-refractivity contribution < 1.29 is 18.4 Å². The summed E-state index contributed by atoms with van der Waals surface area (Å²) in [6.07, 6.45) is 4.31. The standard InChI is InChI=1S/C18H16N4O2.C6H11F2N/c23-11-12-7-14-5-6-22(17(14)20-8-12)16-3-1-13(2-4-16)18(24)21-15-9-19-10-15;1-9-4-2-6(7,8)3-5-9/h1-8,11,15,19H,9-10H2,(H,21,24);2-5H2,1H3. The summed E-state index contributed by atoms with van der Waals surface area (Å²) in [4.78, 5) is 29.3. The number of nitrogens with zero attached hydrogens (tertiary/aromatic N) is 3. The van der Waals surface area contributed by atoms with Gasteiger partial charge in [0, 0.05) is 73.6 Å². The fraction of sp³-hybridized carbons (Fsp3) is 0.375. The second-order valence-electron chi connectivity index (χ2n) is 8.52. The maximum atomic E-state index is 12.4. The molecule has 0 bridgehead atoms. The average molecular weight is 456 g/mol. The van der Waals surface area contributed by atoms with E-state index < -0.39 is 5.92 Å². The average Bonchev–Trinajstić information content (AvgIpc) is 3.22. The van der Waals surface area contributed by atoms with Crippen LogP contribution in [0.4, 0.5) is 8.78 Å². The van der Waals surface area contributed by atoms with E-state index in [2.05, 4.69) is 15.6 Å². The number of alkyl halides is 2. The summed E-state index contributed by atoms with van der Waals surface area (Å²) in [5.74, 6) is -2.44. The summed E-state index contributed by atoms with van der Waals surface area (Å²) < 4.78 is 26.6. The van der Waals surface area contributed by atoms with E-state index in [1.807, 2.05) is 53.0 Å². The highest BCUT2D eigenvalue weighted by atomic mass is 19.3. The van der Waals surface area contributed by atoms with Gasteiger partial charge in [-0.05, 0) is 43.4 Å². The van der Waals surface area contributed by atoms with Gasteiger partial charge in [0.1, 0.15) is 5.65 Å². The van der Waals surface area contributed by atoms with E-state index in [4.69, 9.17) is 0 Å². The van der Waals surface area contributed by atoms with Crippen molar-refractivity contribution in [3.8, 4) is 5.69 Å². The Morgan fingerprint density at radius 2 is 1.88 bits per heavy atom. The predicted octanol–water partition coefficient (Wildman–Crippen LogP) is 2.89. The Bertz CT molecular complexity index is 1120. The highest BCUT2D eigenvalue weighted by Gasteiger charge is 2.32. The van der Waals surface area contributed by atoms with E-state index >= 15 is 0 Å². The fourth-order valence-electron chi connectivity index (χ4n) is 3.69. The Morgan fingerprint density at radius 1 is 1.18 bits per heavy atom. The molecule has 0 saturated carbocycles. The number of likely N-dealkylation sites (tertiary alicyclic amines) is 1. The lowest BCUT2D eigenvalue weighted by Gasteiger charge is -2.28. The van der Waals surface area contributed by atoms with Gasteiger partial charge < -0.3 is 20.1 Å². The first kappa shape index (κ1) is 23.0. The Labute approximate surface area is 190 Å². The van der Waals surface area contributed by atoms with Crippen molar-refractivity contribution in [3.05, 3.63) is 59.9 Å². The van der Waals surface area contributed by atoms with Gasteiger partial charge in [0.05, 0.1) is 6.04 Å². The number of halogens is 2. The smallest absolute Gasteiger partial charge is 0.251 e. The molecule has 2 saturated heterocycles. The second-order valence-corrected chi connectivity index (χ2v) is 8.52. The number of aldehydes is 1. The maximum Gasteiger partial charge on any atom is 0.251 e. The monoisotopic (exact) mass is 455 g/mol. The number of nitrogens with one attached hydrogen (secondary N) is 2. The maximum absolute atomic E-state index is 12.4. The van der Waals surface area contributed by atoms with Crippen LogP contribution in [-0.2, 0) is 0 Å². The second kappa shape index (κ2) is 9.76. The van der Waals surface area contributed by atoms with Crippen molar-refractivity contribution in [3.63, 3.8) is 0 Å². The van der Waals surface area contributed by atoms with Gasteiger partial charge in [-0.25, -0.2) is 13.8 Å². The molecule has 5 rings (SSSR count). The highest BCUT2D eigenvalue weighted by Crippen LogP contribution is 2.26. The number of hydrogen-bond acceptors (Lipinski definition) is 5. The molecule has 0 spiro atoms. The van der Waals surface area contributed by atoms with Gasteiger partial charge in [0.15, 0.2) is 6.29 Å². The topological polar surface area (TPSA) is 79.3 Å². The zero-order valence-electron chi connectivity index (χ0n) is 18.4. The minimum atomic E-state index is -2.38. The van der Waals surface area contributed by atoms with Gasteiger partial charge in [-0.3, -0.25) is 9.59 Å². The molecule has 2 aliphatic rings. The lowest BCUT2D eigenvalue weighted by molar-refractivity contribution is -0.0504. The van der Waals surface area contributed by atoms with Gasteiger partial charge in [-0.15, -0.1) is 0 Å². The van der Waals surface area contributed by atoms with Crippen LogP contribution in [0.25, 0.3) is 16.7 Å². The van der Waals surface area contributed by atoms with Gasteiger partial charge in [-0.1, -0.05) is 0 Å². The van der Waals surface area contributed by atoms with Gasteiger partial charge in [0.2, 0.25) is 0 Å². The SMILES string of the molecule is CN1CCC(F)(F)CC1.O=Cc1cnc2c(ccn2-c2ccc(C(=O)NC3CNC3)cc2)c1. The van der Waals surface area contributed by atoms with Crippen molar-refractivity contribution >= 4 is 23.2 Å². The number of piperidine rings is 1. The van der Waals surface area contributed by atoms with E-state index in [1.165, 1.54) is 0 Å². The van der Waals surface area contributed by atoms with Gasteiger partial charge >= 0.3 is 0 Å². The molecule has 2 aliphatic heterocycles. The number of hydrogen-bond donors (Lipinski definition) is 2. The first-order valence-corrected chi connectivity index (χ1v) is 11.0. The molecule has 2 aromatic heterocycles. The molecule has 1 amide bonds. The van der Waals surface area contributed by atoms with E-state index in [-0.39, 0.29) is 24.8 Å². The van der Waals surface area contributed by atoms with Crippen LogP contribution in [0.15, 0.2) is 48.8 Å². The van der Waals surface area contributed by atoms with Crippen LogP contribution in [0.3, 0.4) is 0 Å². The van der Waals surface area contributed by atoms with Gasteiger partial charge in [-0.2, -0.15) is 0 Å². The third-order valence-electron chi connectivity index (χ3n) is 5.93. The molecule has 174 valence electrons. The first-order chi connectivity index (χ1) is 15.8. The lowest BCUT2D eigenvalue weighted by Crippen LogP contribution is -2.56. The minimum absolute atomic E-state index is 0.0312. The summed E-state index contributed by atoms with van der Waals surface area (Å²) in [6.45, 7) is 2.72. The molecule has 9 heteroatoms. The summed E-state index contributed by atoms with van der Waals surface area (Å²) >= 11 is 0. The number of rotatable bonds is 4. The molecule has 4 heterocycles. The number of fused-ring (bicyclic) bond motifs is 1. The summed E-state index contributed by atoms with van der Waals surface area (Å²) in [6, 6.07) is 11.3. The van der Waals surface area contributed by atoms with Crippen molar-refractivity contribution in [1.29, 1.82) is 0 Å². The summed E-state index contributed by atoms with van der Waals surface area (Å²) in [7, 11) is 1.87. The summed E-state index contributed by atoms with van der Waals surface area (Å²) in [5.41, 5.74) is 2.88. The number of carbonyl (C=O) groups excluding carboxylic acids is 2. The van der Waals surface area contributed by atoms with Crippen LogP contribution in [0, 0.1) is 0 Å². The van der Waals surface area contributed by atoms with Crippen molar-refractivity contribution in [2.75, 3.05) is 33.2 Å². The highest BCUT2D eigenvalue weighted by molar-refractivity contribution is 5.94. The molecule has 2 fully saturated rings. The number of carbonyl (C=O) groups is 2. The van der Waals surface area contributed by atoms with E-state index in [9.17, 15) is 18.4 Å². The molecule has 0 unspecified atom stereocenters. The van der Waals surface area contributed by atoms with Crippen LogP contribution < -0.4 is 10.6 Å². The predicted molar refractivity (Wildman–Crippen MR) is 122 cm³/mol. The zero-order chi connectivity index (χ0) is 23.4. The number of aromatic nitrogens is 2. The summed E-state index contributed by atoms with van der Waals surface area (Å²) in [5, 5.41) is 7.00. The van der Waals surface area contributed by atoms with Crippen molar-refractivity contribution in [2.45, 2.75) is 24.8 Å². The van der Waals surface area contributed by atoms with Crippen molar-refractivity contribution in [2.24, 2.45) is 0 Å². The van der Waals surface area contributed by atoms with Crippen LogP contribution in [0.1, 0.15) is 33.6 Å². The zero-order valence-corrected chi connectivity index (χ0v) is 18.4. The number of pyridine rings is 1. The molecule has 3 aromatic rings. The van der Waals surface area contributed by atoms with E-state index in [1.54, 1.807) is 12.3 Å². The lowest BCUT2D eigenvalue weighted by atomic mass is 10.1. The van der Waals surface area contributed by atoms with E-state index in [0.29, 0.717) is 24.2 Å². The third-order valence-corrected chi connectivity index (χ3v) is 5.93. The van der Waals surface area contributed by atoms with Gasteiger partial charge in [0.25, 0.3) is 11.8 Å². The van der Waals surface area contributed by atoms with Crippen LogP contribution >= 0.6 is 0 Å². The minimum Gasteiger partial charge on any atom is -0.347 e.